The van der Waals surface area contributed by atoms with Gasteiger partial charge in [-0.2, -0.15) is 8.42 Å². The van der Waals surface area contributed by atoms with Crippen LogP contribution in [0.25, 0.3) is 0 Å². The van der Waals surface area contributed by atoms with Crippen molar-refractivity contribution in [2.45, 2.75) is 31.8 Å². The lowest BCUT2D eigenvalue weighted by atomic mass is 10.00. The van der Waals surface area contributed by atoms with Crippen LogP contribution in [0.3, 0.4) is 0 Å². The molecule has 8 nitrogen and oxygen atoms in total. The van der Waals surface area contributed by atoms with Crippen molar-refractivity contribution in [3.8, 4) is 0 Å². The van der Waals surface area contributed by atoms with Crippen molar-refractivity contribution >= 4 is 16.0 Å². The molecule has 5 rings (SSSR count). The fourth-order valence-corrected chi connectivity index (χ4v) is 5.87. The summed E-state index contributed by atoms with van der Waals surface area (Å²) in [5.74, 6) is 0.285. The Bertz CT molecular complexity index is 1200. The molecule has 0 saturated carbocycles. The minimum atomic E-state index is -4.59. The highest BCUT2D eigenvalue weighted by molar-refractivity contribution is 7.90. The van der Waals surface area contributed by atoms with E-state index in [1.54, 1.807) is 23.1 Å². The molecule has 4 aliphatic heterocycles. The Morgan fingerprint density at radius 1 is 1.21 bits per heavy atom. The molecule has 1 aromatic carbocycles. The van der Waals surface area contributed by atoms with Gasteiger partial charge in [-0.05, 0) is 55.2 Å². The smallest absolute Gasteiger partial charge is 0.297 e. The summed E-state index contributed by atoms with van der Waals surface area (Å²) < 4.78 is 34.3. The highest BCUT2D eigenvalue weighted by atomic mass is 32.2. The predicted octanol–water partition coefficient (Wildman–Crippen LogP) is 1.67. The molecule has 9 heteroatoms. The van der Waals surface area contributed by atoms with Crippen molar-refractivity contribution in [3.63, 3.8) is 0 Å². The number of carbonyl (C=O) groups is 1. The quantitative estimate of drug-likeness (QED) is 0.413. The number of nitrogens with zero attached hydrogens (tertiary/aromatic N) is 2. The maximum absolute atomic E-state index is 12.9. The number of amides is 1. The first-order chi connectivity index (χ1) is 15.9. The van der Waals surface area contributed by atoms with Crippen LogP contribution in [0.2, 0.25) is 0 Å². The Balaban J connectivity index is 1.18. The molecule has 1 saturated heterocycles. The SMILES string of the molecule is O=C(NCCCCN1CCc2ccccc2C1)C1=CC2CNC3=CC=CC(=C1S(=O)(=O)O)N32. The summed E-state index contributed by atoms with van der Waals surface area (Å²) in [5.41, 5.74) is 3.15. The third kappa shape index (κ3) is 4.36. The Kier molecular flexibility index (Phi) is 5.86. The fourth-order valence-electron chi connectivity index (χ4n) is 5.00. The molecule has 0 bridgehead atoms. The van der Waals surface area contributed by atoms with E-state index >= 15 is 0 Å². The molecule has 1 unspecified atom stereocenters. The van der Waals surface area contributed by atoms with Crippen molar-refractivity contribution in [1.82, 2.24) is 20.4 Å². The van der Waals surface area contributed by atoms with Gasteiger partial charge in [0.05, 0.1) is 17.3 Å². The summed E-state index contributed by atoms with van der Waals surface area (Å²) in [6.07, 6.45) is 9.58. The average Bonchev–Trinajstić information content (AvgIpc) is 3.22. The van der Waals surface area contributed by atoms with E-state index in [0.717, 1.165) is 44.7 Å². The van der Waals surface area contributed by atoms with Gasteiger partial charge in [0.15, 0.2) is 0 Å². The van der Waals surface area contributed by atoms with Crippen LogP contribution < -0.4 is 10.6 Å². The summed E-state index contributed by atoms with van der Waals surface area (Å²) in [4.78, 5) is 16.8. The number of rotatable bonds is 7. The van der Waals surface area contributed by atoms with Gasteiger partial charge in [0, 0.05) is 26.2 Å². The third-order valence-electron chi connectivity index (χ3n) is 6.59. The fraction of sp³-hybridized carbons (Fsp3) is 0.375. The van der Waals surface area contributed by atoms with Crippen LogP contribution in [0.4, 0.5) is 0 Å². The Labute approximate surface area is 194 Å². The topological polar surface area (TPSA) is 102 Å². The summed E-state index contributed by atoms with van der Waals surface area (Å²) in [6, 6.07) is 8.36. The average molecular weight is 469 g/mol. The van der Waals surface area contributed by atoms with E-state index in [2.05, 4.69) is 39.8 Å². The largest absolute Gasteiger partial charge is 0.369 e. The molecule has 0 spiro atoms. The van der Waals surface area contributed by atoms with Crippen molar-refractivity contribution in [1.29, 1.82) is 0 Å². The molecular formula is C24H28N4O4S. The number of benzene rings is 1. The molecule has 4 heterocycles. The number of hydrogen-bond donors (Lipinski definition) is 3. The zero-order valence-electron chi connectivity index (χ0n) is 18.3. The lowest BCUT2D eigenvalue weighted by molar-refractivity contribution is -0.117. The van der Waals surface area contributed by atoms with Crippen molar-refractivity contribution in [2.75, 3.05) is 26.2 Å². The van der Waals surface area contributed by atoms with Gasteiger partial charge in [-0.1, -0.05) is 30.3 Å². The van der Waals surface area contributed by atoms with Gasteiger partial charge < -0.3 is 15.5 Å². The second kappa shape index (κ2) is 8.81. The van der Waals surface area contributed by atoms with Crippen molar-refractivity contribution in [3.05, 3.63) is 81.7 Å². The van der Waals surface area contributed by atoms with E-state index in [9.17, 15) is 17.8 Å². The van der Waals surface area contributed by atoms with E-state index in [1.807, 2.05) is 6.08 Å². The minimum absolute atomic E-state index is 0.0102. The molecule has 174 valence electrons. The zero-order valence-corrected chi connectivity index (χ0v) is 19.1. The van der Waals surface area contributed by atoms with Gasteiger partial charge in [-0.15, -0.1) is 0 Å². The molecule has 33 heavy (non-hydrogen) atoms. The first-order valence-electron chi connectivity index (χ1n) is 11.3. The molecule has 0 aliphatic carbocycles. The van der Waals surface area contributed by atoms with E-state index in [-0.39, 0.29) is 16.5 Å². The molecule has 1 aromatic rings. The number of fused-ring (bicyclic) bond motifs is 1. The highest BCUT2D eigenvalue weighted by Gasteiger charge is 2.41. The molecule has 0 radical (unpaired) electrons. The van der Waals surface area contributed by atoms with Crippen molar-refractivity contribution < 1.29 is 17.8 Å². The third-order valence-corrected chi connectivity index (χ3v) is 7.53. The Morgan fingerprint density at radius 2 is 2.03 bits per heavy atom. The highest BCUT2D eigenvalue weighted by Crippen LogP contribution is 2.37. The van der Waals surface area contributed by atoms with Gasteiger partial charge >= 0.3 is 0 Å². The van der Waals surface area contributed by atoms with Crippen LogP contribution >= 0.6 is 0 Å². The standard InChI is InChI=1S/C24H28N4O4S/c29-24(25-11-3-4-12-27-13-10-17-6-1-2-7-18(17)16-27)20-14-19-15-26-22-9-5-8-21(28(19)22)23(20)33(30,31)32/h1-2,5-9,14,19,26H,3-4,10-13,15-16H2,(H,25,29)(H,30,31,32). The number of allylic oxidation sites excluding steroid dienone is 3. The first kappa shape index (κ1) is 21.9. The summed E-state index contributed by atoms with van der Waals surface area (Å²) in [5, 5.41) is 6.05. The molecule has 3 N–H and O–H groups in total. The van der Waals surface area contributed by atoms with E-state index in [4.69, 9.17) is 0 Å². The van der Waals surface area contributed by atoms with Crippen molar-refractivity contribution in [2.24, 2.45) is 0 Å². The molecular weight excluding hydrogens is 440 g/mol. The molecule has 1 atom stereocenters. The number of hydrogen-bond acceptors (Lipinski definition) is 6. The van der Waals surface area contributed by atoms with Crippen LogP contribution in [0.5, 0.6) is 0 Å². The van der Waals surface area contributed by atoms with Crippen LogP contribution in [0.15, 0.2) is 70.6 Å². The number of unbranched alkanes of at least 4 members (excludes halogenated alkanes) is 1. The Morgan fingerprint density at radius 3 is 2.85 bits per heavy atom. The predicted molar refractivity (Wildman–Crippen MR) is 125 cm³/mol. The first-order valence-corrected chi connectivity index (χ1v) is 12.8. The van der Waals surface area contributed by atoms with Gasteiger partial charge in [0.1, 0.15) is 10.7 Å². The summed E-state index contributed by atoms with van der Waals surface area (Å²) in [7, 11) is -4.59. The maximum atomic E-state index is 12.9. The zero-order chi connectivity index (χ0) is 23.0. The van der Waals surface area contributed by atoms with Crippen LogP contribution in [0.1, 0.15) is 24.0 Å². The normalized spacial score (nSPS) is 21.7. The van der Waals surface area contributed by atoms with Crippen LogP contribution in [0, 0.1) is 0 Å². The number of carbonyl (C=O) groups excluding carboxylic acids is 1. The Hall–Kier alpha value is -2.88. The van der Waals surface area contributed by atoms with Gasteiger partial charge in [-0.25, -0.2) is 0 Å². The molecule has 0 aromatic heterocycles. The summed E-state index contributed by atoms with van der Waals surface area (Å²) >= 11 is 0. The van der Waals surface area contributed by atoms with Gasteiger partial charge in [-0.3, -0.25) is 14.2 Å². The second-order valence-electron chi connectivity index (χ2n) is 8.76. The monoisotopic (exact) mass is 468 g/mol. The second-order valence-corrected chi connectivity index (χ2v) is 10.1. The lowest BCUT2D eigenvalue weighted by Gasteiger charge is -2.33. The minimum Gasteiger partial charge on any atom is -0.369 e. The van der Waals surface area contributed by atoms with E-state index < -0.39 is 16.0 Å². The summed E-state index contributed by atoms with van der Waals surface area (Å²) in [6.45, 7) is 3.96. The van der Waals surface area contributed by atoms with Gasteiger partial charge in [0.2, 0.25) is 0 Å². The molecule has 4 aliphatic rings. The van der Waals surface area contributed by atoms with Crippen LogP contribution in [-0.2, 0) is 27.9 Å². The lowest BCUT2D eigenvalue weighted by Crippen LogP contribution is -2.38. The number of nitrogens with one attached hydrogen (secondary N) is 2. The molecule has 1 fully saturated rings. The molecule has 1 amide bonds. The van der Waals surface area contributed by atoms with E-state index in [0.29, 0.717) is 18.8 Å². The van der Waals surface area contributed by atoms with Crippen LogP contribution in [-0.4, -0.2) is 60.9 Å². The van der Waals surface area contributed by atoms with Gasteiger partial charge in [0.25, 0.3) is 16.0 Å². The van der Waals surface area contributed by atoms with E-state index in [1.165, 1.54) is 11.1 Å². The maximum Gasteiger partial charge on any atom is 0.297 e.